The van der Waals surface area contributed by atoms with E-state index in [0.717, 1.165) is 37.1 Å². The van der Waals surface area contributed by atoms with Crippen LogP contribution >= 0.6 is 0 Å². The first-order chi connectivity index (χ1) is 18.3. The van der Waals surface area contributed by atoms with E-state index in [1.54, 1.807) is 24.0 Å². The minimum absolute atomic E-state index is 0.0432. The number of amides is 1. The molecule has 10 nitrogen and oxygen atoms in total. The third kappa shape index (κ3) is 4.37. The summed E-state index contributed by atoms with van der Waals surface area (Å²) in [4.78, 5) is 15.4. The number of amidine groups is 1. The van der Waals surface area contributed by atoms with Gasteiger partial charge in [0, 0.05) is 24.2 Å². The van der Waals surface area contributed by atoms with E-state index in [2.05, 4.69) is 14.4 Å². The fraction of sp³-hybridized carbons (Fsp3) is 0.385. The Morgan fingerprint density at radius 1 is 1.18 bits per heavy atom. The van der Waals surface area contributed by atoms with Crippen molar-refractivity contribution in [3.63, 3.8) is 0 Å². The van der Waals surface area contributed by atoms with Gasteiger partial charge in [0.05, 0.1) is 11.9 Å². The van der Waals surface area contributed by atoms with Crippen LogP contribution < -0.4 is 10.0 Å². The molecule has 2 aromatic rings. The summed E-state index contributed by atoms with van der Waals surface area (Å²) in [5, 5.41) is 14.3. The van der Waals surface area contributed by atoms with Crippen LogP contribution in [-0.2, 0) is 31.4 Å². The molecule has 4 aliphatic rings. The van der Waals surface area contributed by atoms with Crippen molar-refractivity contribution in [1.82, 2.24) is 4.90 Å². The molecule has 13 heteroatoms. The molecule has 206 valence electrons. The predicted molar refractivity (Wildman–Crippen MR) is 143 cm³/mol. The van der Waals surface area contributed by atoms with E-state index in [0.29, 0.717) is 5.56 Å². The Morgan fingerprint density at radius 2 is 1.92 bits per heavy atom. The zero-order valence-corrected chi connectivity index (χ0v) is 22.8. The number of hydrogen-bond acceptors (Lipinski definition) is 7. The van der Waals surface area contributed by atoms with Crippen molar-refractivity contribution >= 4 is 43.2 Å². The molecule has 0 spiro atoms. The summed E-state index contributed by atoms with van der Waals surface area (Å²) in [5.74, 6) is -1.34. The summed E-state index contributed by atoms with van der Waals surface area (Å²) in [6.07, 6.45) is 3.64. The van der Waals surface area contributed by atoms with E-state index < -0.39 is 26.0 Å². The van der Waals surface area contributed by atoms with Crippen LogP contribution in [0.2, 0.25) is 0 Å². The maximum atomic E-state index is 14.0. The third-order valence-corrected chi connectivity index (χ3v) is 10.0. The number of carbonyl (C=O) groups is 1. The van der Waals surface area contributed by atoms with E-state index in [9.17, 15) is 31.1 Å². The smallest absolute Gasteiger partial charge is 0.286 e. The molecule has 6 rings (SSSR count). The number of anilines is 2. The minimum atomic E-state index is -4.35. The number of rotatable bonds is 5. The number of aliphatic hydroxyl groups is 1. The van der Waals surface area contributed by atoms with E-state index in [1.807, 2.05) is 0 Å². The quantitative estimate of drug-likeness (QED) is 0.497. The third-order valence-electron chi connectivity index (χ3n) is 8.12. The molecule has 2 aliphatic carbocycles. The van der Waals surface area contributed by atoms with Crippen LogP contribution in [0.4, 0.5) is 15.8 Å². The molecule has 2 bridgehead atoms. The van der Waals surface area contributed by atoms with Crippen molar-refractivity contribution in [2.24, 2.45) is 22.2 Å². The number of sulfonamides is 2. The number of nitrogens with zero attached hydrogens (tertiary/aromatic N) is 2. The Bertz CT molecular complexity index is 1700. The monoisotopic (exact) mass is 574 g/mol. The van der Waals surface area contributed by atoms with Gasteiger partial charge in [-0.05, 0) is 73.4 Å². The maximum absolute atomic E-state index is 14.0. The number of hydrogen-bond donors (Lipinski definition) is 3. The fourth-order valence-electron chi connectivity index (χ4n) is 6.60. The van der Waals surface area contributed by atoms with Gasteiger partial charge in [-0.15, -0.1) is 4.40 Å². The minimum Gasteiger partial charge on any atom is -0.511 e. The summed E-state index contributed by atoms with van der Waals surface area (Å²) in [6, 6.07) is 8.32. The number of nitrogens with one attached hydrogen (secondary N) is 2. The van der Waals surface area contributed by atoms with Crippen LogP contribution in [-0.4, -0.2) is 50.9 Å². The Hall–Kier alpha value is -3.45. The van der Waals surface area contributed by atoms with Gasteiger partial charge < -0.3 is 15.3 Å². The number of fused-ring (bicyclic) bond motifs is 6. The fourth-order valence-corrected chi connectivity index (χ4v) is 8.30. The van der Waals surface area contributed by atoms with Crippen LogP contribution in [0.15, 0.2) is 57.0 Å². The first kappa shape index (κ1) is 25.8. The Labute approximate surface area is 225 Å². The molecule has 0 aromatic heterocycles. The summed E-state index contributed by atoms with van der Waals surface area (Å²) >= 11 is 0. The standard InChI is InChI=1S/C26H27FN4O6S2/c1-13-9-14(3-7-18(13)27)12-31-23-16-5-4-15(10-16)21(23)24(32)22(26(31)33)25-28-19-8-6-17(29-38(2,34)35)11-20(19)39(36,37)30-25/h3,6-9,11,15-16,21,23,29,32H,4-5,10,12H2,1-2H3,(H,28,30)/t15-,16+,21+,23?/m0/s1. The first-order valence-electron chi connectivity index (χ1n) is 12.6. The van der Waals surface area contributed by atoms with Crippen LogP contribution in [0.5, 0.6) is 0 Å². The van der Waals surface area contributed by atoms with Gasteiger partial charge in [-0.2, -0.15) is 8.42 Å². The molecule has 2 heterocycles. The maximum Gasteiger partial charge on any atom is 0.286 e. The summed E-state index contributed by atoms with van der Waals surface area (Å²) in [7, 11) is -8.00. The van der Waals surface area contributed by atoms with Gasteiger partial charge in [0.25, 0.3) is 15.9 Å². The van der Waals surface area contributed by atoms with Gasteiger partial charge in [-0.25, -0.2) is 12.8 Å². The number of aliphatic hydroxyl groups excluding tert-OH is 1. The van der Waals surface area contributed by atoms with Crippen molar-refractivity contribution in [3.8, 4) is 0 Å². The number of aryl methyl sites for hydroxylation is 1. The van der Waals surface area contributed by atoms with E-state index in [1.165, 1.54) is 18.2 Å². The molecule has 4 atom stereocenters. The molecule has 0 saturated heterocycles. The summed E-state index contributed by atoms with van der Waals surface area (Å²) in [6.45, 7) is 1.83. The van der Waals surface area contributed by atoms with Crippen molar-refractivity contribution in [3.05, 3.63) is 64.7 Å². The zero-order chi connectivity index (χ0) is 27.9. The van der Waals surface area contributed by atoms with Crippen molar-refractivity contribution in [1.29, 1.82) is 0 Å². The number of carbonyl (C=O) groups excluding carboxylic acids is 1. The normalized spacial score (nSPS) is 27.1. The SMILES string of the molecule is Cc1cc(CN2C(=O)C(C3=NS(=O)(=O)c4cc(NS(C)(=O)=O)ccc4N3)=C(O)[C@H]3C2[C@@H]2CC[C@H]3C2)ccc1F. The zero-order valence-electron chi connectivity index (χ0n) is 21.2. The number of benzene rings is 2. The van der Waals surface area contributed by atoms with Crippen molar-refractivity contribution in [2.75, 3.05) is 16.3 Å². The van der Waals surface area contributed by atoms with Gasteiger partial charge >= 0.3 is 0 Å². The molecule has 1 amide bonds. The first-order valence-corrected chi connectivity index (χ1v) is 15.9. The second-order valence-corrected chi connectivity index (χ2v) is 14.1. The lowest BCUT2D eigenvalue weighted by atomic mass is 9.77. The molecule has 2 fully saturated rings. The highest BCUT2D eigenvalue weighted by molar-refractivity contribution is 7.92. The molecular weight excluding hydrogens is 547 g/mol. The highest BCUT2D eigenvalue weighted by Gasteiger charge is 2.57. The summed E-state index contributed by atoms with van der Waals surface area (Å²) in [5.41, 5.74) is 1.12. The van der Waals surface area contributed by atoms with Gasteiger partial charge in [-0.3, -0.25) is 9.52 Å². The van der Waals surface area contributed by atoms with E-state index >= 15 is 0 Å². The molecule has 0 radical (unpaired) electrons. The highest BCUT2D eigenvalue weighted by atomic mass is 32.2. The molecule has 1 unspecified atom stereocenters. The second kappa shape index (κ2) is 8.78. The van der Waals surface area contributed by atoms with E-state index in [4.69, 9.17) is 0 Å². The average Bonchev–Trinajstić information content (AvgIpc) is 3.46. The predicted octanol–water partition coefficient (Wildman–Crippen LogP) is 3.29. The van der Waals surface area contributed by atoms with Gasteiger partial charge in [0.2, 0.25) is 10.0 Å². The molecule has 2 saturated carbocycles. The van der Waals surface area contributed by atoms with Crippen LogP contribution in [0.3, 0.4) is 0 Å². The van der Waals surface area contributed by atoms with E-state index in [-0.39, 0.29) is 69.6 Å². The van der Waals surface area contributed by atoms with Crippen LogP contribution in [0.25, 0.3) is 0 Å². The Kier molecular flexibility index (Phi) is 5.81. The van der Waals surface area contributed by atoms with Crippen molar-refractivity contribution < 1.29 is 31.1 Å². The molecule has 2 aromatic carbocycles. The summed E-state index contributed by atoms with van der Waals surface area (Å²) < 4.78 is 69.6. The number of halogens is 1. The molecule has 39 heavy (non-hydrogen) atoms. The topological polar surface area (TPSA) is 145 Å². The Balaban J connectivity index is 1.41. The van der Waals surface area contributed by atoms with Crippen LogP contribution in [0.1, 0.15) is 30.4 Å². The molecular formula is C26H27FN4O6S2. The lowest BCUT2D eigenvalue weighted by molar-refractivity contribution is -0.134. The Morgan fingerprint density at radius 3 is 2.64 bits per heavy atom. The van der Waals surface area contributed by atoms with Crippen LogP contribution in [0, 0.1) is 30.5 Å². The van der Waals surface area contributed by atoms with Gasteiger partial charge in [0.1, 0.15) is 22.0 Å². The highest BCUT2D eigenvalue weighted by Crippen LogP contribution is 2.55. The average molecular weight is 575 g/mol. The molecule has 2 aliphatic heterocycles. The lowest BCUT2D eigenvalue weighted by Crippen LogP contribution is -2.53. The van der Waals surface area contributed by atoms with Crippen molar-refractivity contribution in [2.45, 2.75) is 43.7 Å². The lowest BCUT2D eigenvalue weighted by Gasteiger charge is -2.44. The van der Waals surface area contributed by atoms with Gasteiger partial charge in [0.15, 0.2) is 5.84 Å². The second-order valence-electron chi connectivity index (χ2n) is 10.8. The van der Waals surface area contributed by atoms with Gasteiger partial charge in [-0.1, -0.05) is 12.1 Å². The molecule has 3 N–H and O–H groups in total. The largest absolute Gasteiger partial charge is 0.511 e.